The number of hydrogen-bond acceptors (Lipinski definition) is 6. The predicted molar refractivity (Wildman–Crippen MR) is 83.9 cm³/mol. The lowest BCUT2D eigenvalue weighted by Gasteiger charge is -2.09. The van der Waals surface area contributed by atoms with Crippen molar-refractivity contribution in [2.45, 2.75) is 20.3 Å². The van der Waals surface area contributed by atoms with Crippen LogP contribution in [-0.4, -0.2) is 35.2 Å². The quantitative estimate of drug-likeness (QED) is 0.814. The second-order valence-electron chi connectivity index (χ2n) is 4.61. The summed E-state index contributed by atoms with van der Waals surface area (Å²) in [6, 6.07) is 8.79. The van der Waals surface area contributed by atoms with Crippen LogP contribution in [0.25, 0.3) is 0 Å². The average Bonchev–Trinajstić information content (AvgIpc) is 2.47. The maximum atomic E-state index is 5.33. The van der Waals surface area contributed by atoms with Gasteiger partial charge in [0.05, 0.1) is 6.61 Å². The molecule has 0 amide bonds. The third-order valence-electron chi connectivity index (χ3n) is 2.89. The molecule has 0 fully saturated rings. The molecule has 1 aromatic carbocycles. The molecule has 2 aromatic rings. The number of anilines is 2. The molecule has 0 bridgehead atoms. The van der Waals surface area contributed by atoms with E-state index >= 15 is 0 Å². The third-order valence-corrected chi connectivity index (χ3v) is 2.89. The van der Waals surface area contributed by atoms with E-state index in [9.17, 15) is 0 Å². The summed E-state index contributed by atoms with van der Waals surface area (Å²) in [5, 5.41) is 6.10. The van der Waals surface area contributed by atoms with Crippen LogP contribution in [0.1, 0.15) is 18.1 Å². The Bertz CT molecular complexity index is 588. The van der Waals surface area contributed by atoms with Crippen molar-refractivity contribution in [3.63, 3.8) is 0 Å². The molecule has 0 aliphatic rings. The van der Waals surface area contributed by atoms with Crippen LogP contribution in [0.2, 0.25) is 0 Å². The zero-order chi connectivity index (χ0) is 15.1. The SMILES string of the molecule is CCOc1nc(NC)nc(NCCc2cccc(C)c2)n1. The molecule has 112 valence electrons. The maximum Gasteiger partial charge on any atom is 0.323 e. The average molecular weight is 287 g/mol. The number of aryl methyl sites for hydroxylation is 1. The molecular formula is C15H21N5O. The molecule has 0 unspecified atom stereocenters. The molecular weight excluding hydrogens is 266 g/mol. The fourth-order valence-electron chi connectivity index (χ4n) is 1.93. The first kappa shape index (κ1) is 15.0. The Morgan fingerprint density at radius 1 is 1.14 bits per heavy atom. The standard InChI is InChI=1S/C15H21N5O/c1-4-21-15-19-13(16-3)18-14(20-15)17-9-8-12-7-5-6-11(2)10-12/h5-7,10H,4,8-9H2,1-3H3,(H2,16,17,18,19,20). The van der Waals surface area contributed by atoms with Crippen molar-refractivity contribution < 1.29 is 4.74 Å². The normalized spacial score (nSPS) is 10.2. The molecule has 1 heterocycles. The van der Waals surface area contributed by atoms with Crippen molar-refractivity contribution in [1.29, 1.82) is 0 Å². The first-order valence-corrected chi connectivity index (χ1v) is 7.07. The molecule has 1 aromatic heterocycles. The minimum Gasteiger partial charge on any atom is -0.464 e. The molecule has 0 spiro atoms. The number of rotatable bonds is 7. The molecule has 0 aliphatic heterocycles. The van der Waals surface area contributed by atoms with E-state index in [1.165, 1.54) is 11.1 Å². The number of nitrogens with zero attached hydrogens (tertiary/aromatic N) is 3. The molecule has 0 saturated carbocycles. The number of hydrogen-bond donors (Lipinski definition) is 2. The van der Waals surface area contributed by atoms with Crippen LogP contribution in [0.4, 0.5) is 11.9 Å². The van der Waals surface area contributed by atoms with Gasteiger partial charge in [0.1, 0.15) is 0 Å². The van der Waals surface area contributed by atoms with Gasteiger partial charge in [-0.25, -0.2) is 0 Å². The van der Waals surface area contributed by atoms with Gasteiger partial charge in [0.2, 0.25) is 11.9 Å². The van der Waals surface area contributed by atoms with E-state index in [1.807, 2.05) is 6.92 Å². The van der Waals surface area contributed by atoms with Gasteiger partial charge < -0.3 is 15.4 Å². The Balaban J connectivity index is 1.97. The molecule has 6 nitrogen and oxygen atoms in total. The van der Waals surface area contributed by atoms with Crippen molar-refractivity contribution in [3.8, 4) is 6.01 Å². The minimum atomic E-state index is 0.329. The van der Waals surface area contributed by atoms with Gasteiger partial charge in [-0.3, -0.25) is 0 Å². The van der Waals surface area contributed by atoms with Gasteiger partial charge in [-0.2, -0.15) is 15.0 Å². The highest BCUT2D eigenvalue weighted by Gasteiger charge is 2.05. The van der Waals surface area contributed by atoms with Crippen LogP contribution in [0.15, 0.2) is 24.3 Å². The lowest BCUT2D eigenvalue weighted by Crippen LogP contribution is -2.11. The molecule has 2 N–H and O–H groups in total. The highest BCUT2D eigenvalue weighted by molar-refractivity contribution is 5.35. The molecule has 0 saturated heterocycles. The molecule has 0 atom stereocenters. The number of ether oxygens (including phenoxy) is 1. The van der Waals surface area contributed by atoms with Crippen molar-refractivity contribution >= 4 is 11.9 Å². The number of nitrogens with one attached hydrogen (secondary N) is 2. The number of aromatic nitrogens is 3. The van der Waals surface area contributed by atoms with Gasteiger partial charge in [0.25, 0.3) is 0 Å². The summed E-state index contributed by atoms with van der Waals surface area (Å²) in [4.78, 5) is 12.6. The minimum absolute atomic E-state index is 0.329. The van der Waals surface area contributed by atoms with E-state index in [2.05, 4.69) is 56.8 Å². The van der Waals surface area contributed by atoms with E-state index in [-0.39, 0.29) is 0 Å². The summed E-state index contributed by atoms with van der Waals surface area (Å²) in [6.07, 6.45) is 0.909. The Morgan fingerprint density at radius 2 is 1.95 bits per heavy atom. The summed E-state index contributed by atoms with van der Waals surface area (Å²) < 4.78 is 5.33. The summed E-state index contributed by atoms with van der Waals surface area (Å²) in [7, 11) is 1.77. The van der Waals surface area contributed by atoms with Crippen molar-refractivity contribution in [2.24, 2.45) is 0 Å². The fraction of sp³-hybridized carbons (Fsp3) is 0.400. The van der Waals surface area contributed by atoms with E-state index in [1.54, 1.807) is 7.05 Å². The fourth-order valence-corrected chi connectivity index (χ4v) is 1.93. The van der Waals surface area contributed by atoms with Crippen LogP contribution in [-0.2, 0) is 6.42 Å². The second kappa shape index (κ2) is 7.42. The van der Waals surface area contributed by atoms with Crippen LogP contribution >= 0.6 is 0 Å². The van der Waals surface area contributed by atoms with Crippen molar-refractivity contribution in [2.75, 3.05) is 30.8 Å². The Kier molecular flexibility index (Phi) is 5.31. The highest BCUT2D eigenvalue weighted by Crippen LogP contribution is 2.11. The molecule has 0 aliphatic carbocycles. The van der Waals surface area contributed by atoms with Crippen molar-refractivity contribution in [1.82, 2.24) is 15.0 Å². The van der Waals surface area contributed by atoms with Gasteiger partial charge in [-0.1, -0.05) is 29.8 Å². The topological polar surface area (TPSA) is 72.0 Å². The Hall–Kier alpha value is -2.37. The van der Waals surface area contributed by atoms with E-state index in [0.717, 1.165) is 13.0 Å². The first-order valence-electron chi connectivity index (χ1n) is 7.07. The Labute approximate surface area is 125 Å². The summed E-state index contributed by atoms with van der Waals surface area (Å²) in [6.45, 7) is 5.27. The zero-order valence-corrected chi connectivity index (χ0v) is 12.7. The van der Waals surface area contributed by atoms with Gasteiger partial charge in [-0.15, -0.1) is 0 Å². The van der Waals surface area contributed by atoms with Crippen LogP contribution in [0.5, 0.6) is 6.01 Å². The maximum absolute atomic E-state index is 5.33. The van der Waals surface area contributed by atoms with Gasteiger partial charge in [0.15, 0.2) is 0 Å². The molecule has 6 heteroatoms. The number of benzene rings is 1. The van der Waals surface area contributed by atoms with Gasteiger partial charge in [-0.05, 0) is 25.8 Å². The smallest absolute Gasteiger partial charge is 0.323 e. The van der Waals surface area contributed by atoms with E-state index < -0.39 is 0 Å². The lowest BCUT2D eigenvalue weighted by atomic mass is 10.1. The summed E-state index contributed by atoms with van der Waals surface area (Å²) in [5.74, 6) is 1.01. The molecule has 21 heavy (non-hydrogen) atoms. The van der Waals surface area contributed by atoms with Gasteiger partial charge >= 0.3 is 6.01 Å². The highest BCUT2D eigenvalue weighted by atomic mass is 16.5. The largest absolute Gasteiger partial charge is 0.464 e. The lowest BCUT2D eigenvalue weighted by molar-refractivity contribution is 0.312. The predicted octanol–water partition coefficient (Wildman–Crippen LogP) is 2.28. The van der Waals surface area contributed by atoms with Gasteiger partial charge in [0, 0.05) is 13.6 Å². The van der Waals surface area contributed by atoms with Crippen LogP contribution < -0.4 is 15.4 Å². The molecule has 2 rings (SSSR count). The Morgan fingerprint density at radius 3 is 2.67 bits per heavy atom. The van der Waals surface area contributed by atoms with E-state index in [4.69, 9.17) is 4.74 Å². The monoisotopic (exact) mass is 287 g/mol. The van der Waals surface area contributed by atoms with E-state index in [0.29, 0.717) is 24.5 Å². The van der Waals surface area contributed by atoms with Crippen LogP contribution in [0.3, 0.4) is 0 Å². The molecule has 0 radical (unpaired) electrons. The second-order valence-corrected chi connectivity index (χ2v) is 4.61. The van der Waals surface area contributed by atoms with Crippen LogP contribution in [0, 0.1) is 6.92 Å². The third kappa shape index (κ3) is 4.59. The summed E-state index contributed by atoms with van der Waals surface area (Å²) in [5.41, 5.74) is 2.55. The first-order chi connectivity index (χ1) is 10.2. The zero-order valence-electron chi connectivity index (χ0n) is 12.7. The van der Waals surface area contributed by atoms with Crippen molar-refractivity contribution in [3.05, 3.63) is 35.4 Å². The summed E-state index contributed by atoms with van der Waals surface area (Å²) >= 11 is 0.